The first-order valence-electron chi connectivity index (χ1n) is 5.30. The maximum absolute atomic E-state index is 11.8. The highest BCUT2D eigenvalue weighted by Crippen LogP contribution is 2.52. The second kappa shape index (κ2) is 5.48. The summed E-state index contributed by atoms with van der Waals surface area (Å²) in [6, 6.07) is 0. The molecule has 0 aliphatic carbocycles. The fourth-order valence-electron chi connectivity index (χ4n) is 1.67. The van der Waals surface area contributed by atoms with Crippen LogP contribution < -0.4 is 14.2 Å². The van der Waals surface area contributed by atoms with Gasteiger partial charge >= 0.3 is 0 Å². The van der Waals surface area contributed by atoms with Crippen LogP contribution in [0.1, 0.15) is 23.7 Å². The van der Waals surface area contributed by atoms with Crippen LogP contribution in [-0.2, 0) is 0 Å². The van der Waals surface area contributed by atoms with Crippen LogP contribution in [0.25, 0.3) is 0 Å². The van der Waals surface area contributed by atoms with Gasteiger partial charge in [-0.1, -0.05) is 6.92 Å². The van der Waals surface area contributed by atoms with Gasteiger partial charge in [0.15, 0.2) is 17.3 Å². The molecule has 1 aromatic carbocycles. The molecule has 2 N–H and O–H groups in total. The van der Waals surface area contributed by atoms with Crippen LogP contribution in [0.15, 0.2) is 0 Å². The third-order valence-electron chi connectivity index (χ3n) is 2.53. The van der Waals surface area contributed by atoms with Crippen molar-refractivity contribution in [3.63, 3.8) is 0 Å². The fourth-order valence-corrected chi connectivity index (χ4v) is 1.67. The Morgan fingerprint density at radius 3 is 1.78 bits per heavy atom. The predicted molar refractivity (Wildman–Crippen MR) is 64.0 cm³/mol. The lowest BCUT2D eigenvalue weighted by atomic mass is 10.0. The van der Waals surface area contributed by atoms with Gasteiger partial charge in [0, 0.05) is 6.42 Å². The van der Waals surface area contributed by atoms with E-state index in [1.165, 1.54) is 21.3 Å². The van der Waals surface area contributed by atoms with Crippen molar-refractivity contribution >= 4 is 5.78 Å². The maximum Gasteiger partial charge on any atom is 0.211 e. The van der Waals surface area contributed by atoms with Crippen molar-refractivity contribution in [2.24, 2.45) is 0 Å². The quantitative estimate of drug-likeness (QED) is 0.616. The highest BCUT2D eigenvalue weighted by molar-refractivity contribution is 6.03. The van der Waals surface area contributed by atoms with Gasteiger partial charge in [-0.05, 0) is 0 Å². The van der Waals surface area contributed by atoms with Crippen molar-refractivity contribution in [3.8, 4) is 28.7 Å². The summed E-state index contributed by atoms with van der Waals surface area (Å²) in [6.07, 6.45) is 0.152. The van der Waals surface area contributed by atoms with Gasteiger partial charge in [0.2, 0.25) is 17.2 Å². The summed E-state index contributed by atoms with van der Waals surface area (Å²) in [5, 5.41) is 20.0. The number of phenols is 2. The van der Waals surface area contributed by atoms with Crippen LogP contribution in [-0.4, -0.2) is 37.3 Å². The zero-order valence-corrected chi connectivity index (χ0v) is 10.7. The molecule has 0 spiro atoms. The number of Topliss-reactive ketones (excluding diaryl/α,β-unsaturated/α-hetero) is 1. The van der Waals surface area contributed by atoms with E-state index in [0.717, 1.165) is 0 Å². The fraction of sp³-hybridized carbons (Fsp3) is 0.417. The van der Waals surface area contributed by atoms with Crippen LogP contribution in [0, 0.1) is 0 Å². The number of hydrogen-bond donors (Lipinski definition) is 2. The Balaban J connectivity index is 3.70. The average molecular weight is 256 g/mol. The first-order valence-corrected chi connectivity index (χ1v) is 5.30. The predicted octanol–water partition coefficient (Wildman–Crippen LogP) is 1.72. The lowest BCUT2D eigenvalue weighted by Crippen LogP contribution is -2.04. The van der Waals surface area contributed by atoms with E-state index in [1.54, 1.807) is 6.92 Å². The van der Waals surface area contributed by atoms with Crippen LogP contribution in [0.4, 0.5) is 0 Å². The minimum absolute atomic E-state index is 0.0838. The number of ether oxygens (including phenoxy) is 3. The van der Waals surface area contributed by atoms with E-state index >= 15 is 0 Å². The molecule has 0 amide bonds. The molecule has 100 valence electrons. The Bertz CT molecular complexity index is 466. The number of carbonyl (C=O) groups excluding carboxylic acids is 1. The molecule has 0 unspecified atom stereocenters. The lowest BCUT2D eigenvalue weighted by Gasteiger charge is -2.17. The molecule has 0 aromatic heterocycles. The van der Waals surface area contributed by atoms with Crippen molar-refractivity contribution in [2.45, 2.75) is 13.3 Å². The molecular formula is C12H16O6. The first kappa shape index (κ1) is 14.0. The number of benzene rings is 1. The summed E-state index contributed by atoms with van der Waals surface area (Å²) in [4.78, 5) is 11.8. The summed E-state index contributed by atoms with van der Waals surface area (Å²) in [7, 11) is 3.88. The van der Waals surface area contributed by atoms with Gasteiger partial charge in [-0.15, -0.1) is 0 Å². The molecule has 0 aliphatic heterocycles. The number of carbonyl (C=O) groups is 1. The van der Waals surface area contributed by atoms with Gasteiger partial charge in [0.25, 0.3) is 0 Å². The topological polar surface area (TPSA) is 85.2 Å². The lowest BCUT2D eigenvalue weighted by molar-refractivity contribution is 0.0980. The summed E-state index contributed by atoms with van der Waals surface area (Å²) in [5.74, 6) is -1.48. The van der Waals surface area contributed by atoms with E-state index in [9.17, 15) is 15.0 Å². The molecule has 0 fully saturated rings. The van der Waals surface area contributed by atoms with Crippen LogP contribution in [0.5, 0.6) is 28.7 Å². The van der Waals surface area contributed by atoms with Crippen molar-refractivity contribution in [1.82, 2.24) is 0 Å². The van der Waals surface area contributed by atoms with Crippen molar-refractivity contribution in [3.05, 3.63) is 5.56 Å². The van der Waals surface area contributed by atoms with E-state index in [4.69, 9.17) is 14.2 Å². The molecule has 0 atom stereocenters. The van der Waals surface area contributed by atoms with Gasteiger partial charge in [-0.3, -0.25) is 4.79 Å². The molecule has 0 heterocycles. The van der Waals surface area contributed by atoms with Gasteiger partial charge in [-0.2, -0.15) is 0 Å². The third-order valence-corrected chi connectivity index (χ3v) is 2.53. The van der Waals surface area contributed by atoms with Crippen LogP contribution in [0.2, 0.25) is 0 Å². The first-order chi connectivity index (χ1) is 8.53. The Morgan fingerprint density at radius 1 is 0.944 bits per heavy atom. The summed E-state index contributed by atoms with van der Waals surface area (Å²) < 4.78 is 14.8. The molecular weight excluding hydrogens is 240 g/mol. The number of ketones is 1. The number of rotatable bonds is 5. The summed E-state index contributed by atoms with van der Waals surface area (Å²) in [5.41, 5.74) is -0.116. The Morgan fingerprint density at radius 2 is 1.39 bits per heavy atom. The Hall–Kier alpha value is -2.11. The van der Waals surface area contributed by atoms with Gasteiger partial charge in [0.05, 0.1) is 21.3 Å². The molecule has 6 heteroatoms. The number of phenolic OH excluding ortho intramolecular Hbond substituents is 2. The number of methoxy groups -OCH3 is 3. The van der Waals surface area contributed by atoms with Crippen molar-refractivity contribution in [1.29, 1.82) is 0 Å². The third kappa shape index (κ3) is 2.01. The highest BCUT2D eigenvalue weighted by atomic mass is 16.5. The monoisotopic (exact) mass is 256 g/mol. The maximum atomic E-state index is 11.8. The second-order valence-electron chi connectivity index (χ2n) is 3.45. The summed E-state index contributed by atoms with van der Waals surface area (Å²) >= 11 is 0. The summed E-state index contributed by atoms with van der Waals surface area (Å²) in [6.45, 7) is 1.63. The van der Waals surface area contributed by atoms with E-state index in [2.05, 4.69) is 0 Å². The molecule has 1 rings (SSSR count). The van der Waals surface area contributed by atoms with E-state index in [-0.39, 0.29) is 40.8 Å². The SMILES string of the molecule is CCC(=O)c1c(O)c(OC)c(OC)c(O)c1OC. The van der Waals surface area contributed by atoms with E-state index < -0.39 is 5.75 Å². The molecule has 0 radical (unpaired) electrons. The van der Waals surface area contributed by atoms with Crippen molar-refractivity contribution in [2.75, 3.05) is 21.3 Å². The number of aromatic hydroxyl groups is 2. The molecule has 0 saturated carbocycles. The average Bonchev–Trinajstić information content (AvgIpc) is 2.38. The zero-order valence-electron chi connectivity index (χ0n) is 10.7. The Kier molecular flexibility index (Phi) is 4.25. The van der Waals surface area contributed by atoms with Gasteiger partial charge in [0.1, 0.15) is 5.56 Å². The highest BCUT2D eigenvalue weighted by Gasteiger charge is 2.29. The molecule has 6 nitrogen and oxygen atoms in total. The van der Waals surface area contributed by atoms with Crippen LogP contribution in [0.3, 0.4) is 0 Å². The van der Waals surface area contributed by atoms with Crippen LogP contribution >= 0.6 is 0 Å². The molecule has 1 aromatic rings. The smallest absolute Gasteiger partial charge is 0.211 e. The van der Waals surface area contributed by atoms with Gasteiger partial charge in [-0.25, -0.2) is 0 Å². The second-order valence-corrected chi connectivity index (χ2v) is 3.45. The van der Waals surface area contributed by atoms with E-state index in [0.29, 0.717) is 0 Å². The standard InChI is InChI=1S/C12H16O6/c1-5-6(13)7-8(14)11(17-3)12(18-4)9(15)10(7)16-2/h14-15H,5H2,1-4H3. The minimum atomic E-state index is -0.407. The molecule has 0 bridgehead atoms. The molecule has 18 heavy (non-hydrogen) atoms. The molecule has 0 saturated heterocycles. The largest absolute Gasteiger partial charge is 0.504 e. The van der Waals surface area contributed by atoms with E-state index in [1.807, 2.05) is 0 Å². The zero-order chi connectivity index (χ0) is 13.9. The van der Waals surface area contributed by atoms with Crippen molar-refractivity contribution < 1.29 is 29.2 Å². The Labute approximate surface area is 105 Å². The normalized spacial score (nSPS) is 10.0. The van der Waals surface area contributed by atoms with Gasteiger partial charge < -0.3 is 24.4 Å². The number of hydrogen-bond acceptors (Lipinski definition) is 6. The molecule has 0 aliphatic rings. The minimum Gasteiger partial charge on any atom is -0.504 e.